The highest BCUT2D eigenvalue weighted by Gasteiger charge is 2.23. The first kappa shape index (κ1) is 10.3. The number of hydrogen-bond acceptors (Lipinski definition) is 3. The van der Waals surface area contributed by atoms with Gasteiger partial charge < -0.3 is 5.73 Å². The molecule has 0 atom stereocenters. The molecule has 0 radical (unpaired) electrons. The Labute approximate surface area is 68.2 Å². The third-order valence-corrected chi connectivity index (χ3v) is 2.22. The van der Waals surface area contributed by atoms with Crippen molar-refractivity contribution in [3.05, 3.63) is 0 Å². The maximum absolute atomic E-state index is 6.79. The summed E-state index contributed by atoms with van der Waals surface area (Å²) in [5.41, 5.74) is 5.33. The van der Waals surface area contributed by atoms with E-state index in [4.69, 9.17) is 11.1 Å². The predicted octanol–water partition coefficient (Wildman–Crippen LogP) is 1.65. The molecular formula is C8H17N3. The molecule has 0 aliphatic carbocycles. The molecule has 0 aromatic heterocycles. The normalized spacial score (nSPS) is 10.8. The molecule has 0 heterocycles. The molecule has 0 bridgehead atoms. The topological polar surface area (TPSA) is 62.2 Å². The fourth-order valence-corrected chi connectivity index (χ4v) is 1.20. The molecule has 0 aromatic rings. The monoisotopic (exact) mass is 155 g/mol. The molecule has 64 valence electrons. The number of nitrogens with zero attached hydrogens (tertiary/aromatic N) is 1. The summed E-state index contributed by atoms with van der Waals surface area (Å²) < 4.78 is 0. The first-order valence-electron chi connectivity index (χ1n) is 4.08. The van der Waals surface area contributed by atoms with Gasteiger partial charge >= 0.3 is 0 Å². The maximum atomic E-state index is 6.79. The van der Waals surface area contributed by atoms with Gasteiger partial charge in [-0.25, -0.2) is 10.4 Å². The second-order valence-corrected chi connectivity index (χ2v) is 2.69. The number of hydrogen-bond donors (Lipinski definition) is 2. The summed E-state index contributed by atoms with van der Waals surface area (Å²) in [7, 11) is 0. The number of aliphatic imine (C=N–C) groups is 1. The molecule has 0 aromatic carbocycles. The minimum Gasteiger partial charge on any atom is -0.330 e. The lowest BCUT2D eigenvalue weighted by Crippen LogP contribution is -2.27. The summed E-state index contributed by atoms with van der Waals surface area (Å²) in [5.74, 6) is 0. The summed E-state index contributed by atoms with van der Waals surface area (Å²) in [5, 5.41) is 6.79. The second kappa shape index (κ2) is 5.05. The van der Waals surface area contributed by atoms with Gasteiger partial charge in [-0.1, -0.05) is 13.8 Å². The molecule has 11 heavy (non-hydrogen) atoms. The average molecular weight is 155 g/mol. The van der Waals surface area contributed by atoms with E-state index in [1.807, 2.05) is 0 Å². The van der Waals surface area contributed by atoms with Crippen molar-refractivity contribution >= 4 is 6.01 Å². The van der Waals surface area contributed by atoms with Crippen molar-refractivity contribution in [3.8, 4) is 0 Å². The van der Waals surface area contributed by atoms with Gasteiger partial charge in [0.05, 0.1) is 11.5 Å². The molecular weight excluding hydrogens is 138 g/mol. The van der Waals surface area contributed by atoms with Crippen LogP contribution in [0.3, 0.4) is 0 Å². The third kappa shape index (κ3) is 2.83. The lowest BCUT2D eigenvalue weighted by molar-refractivity contribution is 0.377. The van der Waals surface area contributed by atoms with Crippen molar-refractivity contribution in [2.45, 2.75) is 38.6 Å². The zero-order chi connectivity index (χ0) is 8.74. The summed E-state index contributed by atoms with van der Waals surface area (Å²) >= 11 is 0. The molecule has 3 nitrogen and oxygen atoms in total. The van der Waals surface area contributed by atoms with Crippen LogP contribution in [0.5, 0.6) is 0 Å². The Balaban J connectivity index is 4.31. The molecule has 3 heteroatoms. The van der Waals surface area contributed by atoms with E-state index in [1.165, 1.54) is 0 Å². The van der Waals surface area contributed by atoms with Gasteiger partial charge in [0.1, 0.15) is 0 Å². The van der Waals surface area contributed by atoms with Gasteiger partial charge in [-0.2, -0.15) is 0 Å². The third-order valence-electron chi connectivity index (χ3n) is 2.22. The summed E-state index contributed by atoms with van der Waals surface area (Å²) in [4.78, 5) is 4.02. The highest BCUT2D eigenvalue weighted by Crippen LogP contribution is 2.23. The first-order valence-corrected chi connectivity index (χ1v) is 4.08. The van der Waals surface area contributed by atoms with Crippen molar-refractivity contribution in [1.29, 1.82) is 5.41 Å². The van der Waals surface area contributed by atoms with Gasteiger partial charge in [0, 0.05) is 0 Å². The van der Waals surface area contributed by atoms with Crippen molar-refractivity contribution in [2.75, 3.05) is 6.54 Å². The molecule has 0 rings (SSSR count). The van der Waals surface area contributed by atoms with Crippen LogP contribution in [0.1, 0.15) is 33.1 Å². The predicted molar refractivity (Wildman–Crippen MR) is 47.1 cm³/mol. The van der Waals surface area contributed by atoms with Crippen LogP contribution in [0.4, 0.5) is 0 Å². The van der Waals surface area contributed by atoms with Crippen LogP contribution in [0.2, 0.25) is 0 Å². The molecule has 0 aliphatic heterocycles. The van der Waals surface area contributed by atoms with E-state index in [-0.39, 0.29) is 5.54 Å². The Morgan fingerprint density at radius 2 is 2.00 bits per heavy atom. The Hall–Kier alpha value is -0.660. The number of nitrogens with two attached hydrogens (primary N) is 1. The molecule has 0 unspecified atom stereocenters. The van der Waals surface area contributed by atoms with E-state index in [0.717, 1.165) is 19.3 Å². The molecule has 0 saturated carbocycles. The maximum Gasteiger partial charge on any atom is 0.0867 e. The average Bonchev–Trinajstić information content (AvgIpc) is 2.04. The van der Waals surface area contributed by atoms with E-state index >= 15 is 0 Å². The van der Waals surface area contributed by atoms with Gasteiger partial charge in [-0.05, 0) is 25.8 Å². The van der Waals surface area contributed by atoms with Crippen molar-refractivity contribution < 1.29 is 0 Å². The SMILES string of the molecule is CCC(CC)(CCN)N=C=N. The van der Waals surface area contributed by atoms with Crippen LogP contribution in [0.25, 0.3) is 0 Å². The Morgan fingerprint density at radius 3 is 2.27 bits per heavy atom. The number of rotatable bonds is 5. The van der Waals surface area contributed by atoms with Gasteiger partial charge in [-0.3, -0.25) is 0 Å². The van der Waals surface area contributed by atoms with E-state index in [9.17, 15) is 0 Å². The Bertz CT molecular complexity index is 143. The van der Waals surface area contributed by atoms with Crippen LogP contribution in [0.15, 0.2) is 4.99 Å². The van der Waals surface area contributed by atoms with E-state index < -0.39 is 0 Å². The highest BCUT2D eigenvalue weighted by molar-refractivity contribution is 5.37. The lowest BCUT2D eigenvalue weighted by atomic mass is 9.90. The Morgan fingerprint density at radius 1 is 1.45 bits per heavy atom. The summed E-state index contributed by atoms with van der Waals surface area (Å²) in [6, 6.07) is 2.11. The molecule has 0 spiro atoms. The number of nitrogens with one attached hydrogen (secondary N) is 1. The minimum absolute atomic E-state index is 0.115. The van der Waals surface area contributed by atoms with Crippen molar-refractivity contribution in [3.63, 3.8) is 0 Å². The molecule has 0 aliphatic rings. The van der Waals surface area contributed by atoms with E-state index in [0.29, 0.717) is 6.54 Å². The van der Waals surface area contributed by atoms with Gasteiger partial charge in [0.2, 0.25) is 0 Å². The standard InChI is InChI=1S/C8H17N3/c1-3-8(4-2,5-6-9)11-7-10/h10H,3-6,9H2,1-2H3. The van der Waals surface area contributed by atoms with Crippen LogP contribution >= 0.6 is 0 Å². The van der Waals surface area contributed by atoms with Crippen molar-refractivity contribution in [1.82, 2.24) is 0 Å². The van der Waals surface area contributed by atoms with Gasteiger partial charge in [0.25, 0.3) is 0 Å². The molecule has 0 fully saturated rings. The van der Waals surface area contributed by atoms with Gasteiger partial charge in [-0.15, -0.1) is 0 Å². The molecule has 0 saturated heterocycles. The first-order chi connectivity index (χ1) is 5.24. The van der Waals surface area contributed by atoms with Crippen LogP contribution in [-0.2, 0) is 0 Å². The van der Waals surface area contributed by atoms with Crippen LogP contribution in [-0.4, -0.2) is 18.1 Å². The Kier molecular flexibility index (Phi) is 4.75. The zero-order valence-corrected chi connectivity index (χ0v) is 7.35. The quantitative estimate of drug-likeness (QED) is 0.582. The molecule has 3 N–H and O–H groups in total. The molecule has 0 amide bonds. The minimum atomic E-state index is -0.115. The second-order valence-electron chi connectivity index (χ2n) is 2.69. The van der Waals surface area contributed by atoms with E-state index in [1.54, 1.807) is 0 Å². The highest BCUT2D eigenvalue weighted by atomic mass is 14.9. The van der Waals surface area contributed by atoms with Crippen LogP contribution in [0, 0.1) is 5.41 Å². The smallest absolute Gasteiger partial charge is 0.0867 e. The van der Waals surface area contributed by atoms with Crippen LogP contribution < -0.4 is 5.73 Å². The van der Waals surface area contributed by atoms with Crippen molar-refractivity contribution in [2.24, 2.45) is 10.7 Å². The zero-order valence-electron chi connectivity index (χ0n) is 7.35. The van der Waals surface area contributed by atoms with E-state index in [2.05, 4.69) is 24.8 Å². The summed E-state index contributed by atoms with van der Waals surface area (Å²) in [6.45, 7) is 4.77. The largest absolute Gasteiger partial charge is 0.330 e. The fraction of sp³-hybridized carbons (Fsp3) is 0.875. The van der Waals surface area contributed by atoms with Gasteiger partial charge in [0.15, 0.2) is 0 Å². The lowest BCUT2D eigenvalue weighted by Gasteiger charge is -2.24. The fourth-order valence-electron chi connectivity index (χ4n) is 1.20. The summed E-state index contributed by atoms with van der Waals surface area (Å²) in [6.07, 6.45) is 2.73.